The molecule has 0 fully saturated rings. The molecule has 0 aliphatic heterocycles. The molecule has 2 aromatic heterocycles. The average Bonchev–Trinajstić information content (AvgIpc) is 3.38. The number of anilines is 1. The summed E-state index contributed by atoms with van der Waals surface area (Å²) in [6.45, 7) is 6.98. The summed E-state index contributed by atoms with van der Waals surface area (Å²) in [7, 11) is -2.04. The third-order valence-corrected chi connectivity index (χ3v) is 8.62. The number of hydrogen-bond acceptors (Lipinski definition) is 8. The van der Waals surface area contributed by atoms with E-state index in [4.69, 9.17) is 4.98 Å². The zero-order chi connectivity index (χ0) is 22.6. The van der Waals surface area contributed by atoms with E-state index in [2.05, 4.69) is 28.5 Å². The van der Waals surface area contributed by atoms with Crippen LogP contribution in [0.2, 0.25) is 0 Å². The molecule has 2 aromatic rings. The van der Waals surface area contributed by atoms with E-state index in [0.29, 0.717) is 5.01 Å². The lowest BCUT2D eigenvalue weighted by atomic mass is 9.90. The number of pyridine rings is 1. The Morgan fingerprint density at radius 1 is 1.26 bits per heavy atom. The second kappa shape index (κ2) is 7.91. The van der Waals surface area contributed by atoms with Gasteiger partial charge in [-0.2, -0.15) is 0 Å². The topological polar surface area (TPSA) is 125 Å². The molecule has 2 heterocycles. The van der Waals surface area contributed by atoms with Gasteiger partial charge in [-0.15, -0.1) is 21.9 Å². The molecule has 0 bridgehead atoms. The number of fused-ring (bicyclic) bond motifs is 2. The molecule has 0 saturated carbocycles. The van der Waals surface area contributed by atoms with Crippen LogP contribution in [0.5, 0.6) is 0 Å². The highest BCUT2D eigenvalue weighted by atomic mass is 32.2. The van der Waals surface area contributed by atoms with Crippen molar-refractivity contribution in [3.8, 4) is 0 Å². The van der Waals surface area contributed by atoms with Crippen molar-refractivity contribution in [2.45, 2.75) is 81.6 Å². The standard InChI is InChI=1S/C21H27N4O4S2/c1-20(2)9-8-12-15(11-6-5-7-13(11)22-16(12)20)24-19(27)25-31(29)17-14(10-26)23-18(30-17)21(3,4)28/h26,28H,5-10H2,1-4H3,(H,22,24,27)/q-1. The second-order valence-corrected chi connectivity index (χ2v) is 11.6. The number of urea groups is 1. The van der Waals surface area contributed by atoms with Crippen LogP contribution in [0.4, 0.5) is 10.5 Å². The minimum atomic E-state index is -2.04. The molecule has 0 unspecified atom stereocenters. The molecule has 0 saturated heterocycles. The number of thiazole rings is 1. The van der Waals surface area contributed by atoms with Gasteiger partial charge >= 0.3 is 6.03 Å². The second-order valence-electron chi connectivity index (χ2n) is 9.22. The van der Waals surface area contributed by atoms with Crippen LogP contribution in [-0.2, 0) is 51.7 Å². The highest BCUT2D eigenvalue weighted by molar-refractivity contribution is 7.78. The van der Waals surface area contributed by atoms with Crippen LogP contribution in [0.15, 0.2) is 8.57 Å². The molecule has 2 amide bonds. The van der Waals surface area contributed by atoms with Crippen LogP contribution in [0.25, 0.3) is 0 Å². The fraction of sp³-hybridized carbons (Fsp3) is 0.571. The van der Waals surface area contributed by atoms with Gasteiger partial charge in [0.25, 0.3) is 0 Å². The number of nitrogens with one attached hydrogen (secondary N) is 1. The molecular weight excluding hydrogens is 436 g/mol. The number of aliphatic hydroxyl groups excluding tert-OH is 1. The van der Waals surface area contributed by atoms with Gasteiger partial charge in [0, 0.05) is 11.1 Å². The summed E-state index contributed by atoms with van der Waals surface area (Å²) in [4.78, 5) is 21.8. The molecule has 31 heavy (non-hydrogen) atoms. The van der Waals surface area contributed by atoms with E-state index in [1.54, 1.807) is 13.8 Å². The molecule has 0 aromatic carbocycles. The lowest BCUT2D eigenvalue weighted by Gasteiger charge is -2.20. The van der Waals surface area contributed by atoms with E-state index in [-0.39, 0.29) is 15.3 Å². The SMILES string of the molecule is CC(C)(O)c1nc(CO)c([S-](=O)=NC(=O)Nc2c3c(nc4c2CCC4(C)C)CCC3)s1. The first-order valence-electron chi connectivity index (χ1n) is 10.3. The molecule has 2 aliphatic carbocycles. The van der Waals surface area contributed by atoms with Gasteiger partial charge in [-0.05, 0) is 61.3 Å². The Morgan fingerprint density at radius 2 is 2.00 bits per heavy atom. The van der Waals surface area contributed by atoms with Crippen LogP contribution in [0.3, 0.4) is 0 Å². The molecule has 8 nitrogen and oxygen atoms in total. The first kappa shape index (κ1) is 22.3. The van der Waals surface area contributed by atoms with Crippen molar-refractivity contribution in [2.24, 2.45) is 4.36 Å². The summed E-state index contributed by atoms with van der Waals surface area (Å²) in [5, 5.41) is 22.9. The van der Waals surface area contributed by atoms with Gasteiger partial charge in [-0.1, -0.05) is 13.8 Å². The van der Waals surface area contributed by atoms with Crippen LogP contribution in [0, 0.1) is 0 Å². The van der Waals surface area contributed by atoms with Crippen LogP contribution in [0.1, 0.15) is 73.8 Å². The van der Waals surface area contributed by atoms with Crippen molar-refractivity contribution in [3.63, 3.8) is 0 Å². The maximum absolute atomic E-state index is 12.8. The number of aliphatic hydroxyl groups is 2. The van der Waals surface area contributed by atoms with E-state index in [1.807, 2.05) is 0 Å². The predicted octanol–water partition coefficient (Wildman–Crippen LogP) is 3.71. The van der Waals surface area contributed by atoms with E-state index >= 15 is 0 Å². The zero-order valence-electron chi connectivity index (χ0n) is 18.1. The van der Waals surface area contributed by atoms with Crippen LogP contribution < -0.4 is 5.32 Å². The number of amides is 2. The molecule has 168 valence electrons. The Morgan fingerprint density at radius 3 is 2.68 bits per heavy atom. The van der Waals surface area contributed by atoms with E-state index in [9.17, 15) is 19.2 Å². The van der Waals surface area contributed by atoms with Gasteiger partial charge in [-0.3, -0.25) is 4.98 Å². The number of aryl methyl sites for hydroxylation is 1. The largest absolute Gasteiger partial charge is 0.439 e. The molecule has 0 atom stereocenters. The summed E-state index contributed by atoms with van der Waals surface area (Å²) < 4.78 is 16.8. The third-order valence-electron chi connectivity index (χ3n) is 5.86. The molecule has 10 heteroatoms. The minimum absolute atomic E-state index is 0.0431. The summed E-state index contributed by atoms with van der Waals surface area (Å²) >= 11 is 0.982. The third kappa shape index (κ3) is 4.13. The molecule has 0 spiro atoms. The Kier molecular flexibility index (Phi) is 5.70. The first-order valence-corrected chi connectivity index (χ1v) is 12.3. The Balaban J connectivity index is 1.67. The van der Waals surface area contributed by atoms with Crippen molar-refractivity contribution in [2.75, 3.05) is 5.32 Å². The maximum atomic E-state index is 12.8. The molecule has 0 radical (unpaired) electrons. The highest BCUT2D eigenvalue weighted by Crippen LogP contribution is 2.44. The number of carbonyl (C=O) groups is 1. The molecule has 2 aliphatic rings. The normalized spacial score (nSPS) is 18.1. The number of carbonyl (C=O) groups excluding carboxylic acids is 1. The van der Waals surface area contributed by atoms with Crippen molar-refractivity contribution >= 4 is 33.7 Å². The van der Waals surface area contributed by atoms with Crippen molar-refractivity contribution < 1.29 is 19.2 Å². The van der Waals surface area contributed by atoms with Gasteiger partial charge in [0.2, 0.25) is 0 Å². The summed E-state index contributed by atoms with van der Waals surface area (Å²) in [6, 6.07) is -0.701. The quantitative estimate of drug-likeness (QED) is 0.594. The zero-order valence-corrected chi connectivity index (χ0v) is 19.7. The van der Waals surface area contributed by atoms with Gasteiger partial charge < -0.3 is 24.1 Å². The Labute approximate surface area is 187 Å². The van der Waals surface area contributed by atoms with Crippen molar-refractivity contribution in [1.29, 1.82) is 0 Å². The van der Waals surface area contributed by atoms with Gasteiger partial charge in [0.05, 0.1) is 23.7 Å². The number of hydrogen-bond donors (Lipinski definition) is 3. The van der Waals surface area contributed by atoms with Crippen LogP contribution >= 0.6 is 11.3 Å². The van der Waals surface area contributed by atoms with E-state index in [0.717, 1.165) is 71.6 Å². The van der Waals surface area contributed by atoms with Crippen LogP contribution in [-0.4, -0.2) is 26.2 Å². The molecular formula is C21H27N4O4S2-. The summed E-state index contributed by atoms with van der Waals surface area (Å²) in [5.74, 6) is 0. The monoisotopic (exact) mass is 463 g/mol. The smallest absolute Gasteiger partial charge is 0.322 e. The van der Waals surface area contributed by atoms with Gasteiger partial charge in [0.1, 0.15) is 10.6 Å². The number of aromatic nitrogens is 2. The van der Waals surface area contributed by atoms with Crippen molar-refractivity contribution in [1.82, 2.24) is 9.97 Å². The number of nitrogens with zero attached hydrogens (tertiary/aromatic N) is 3. The summed E-state index contributed by atoms with van der Waals surface area (Å²) in [5.41, 5.74) is 3.82. The molecule has 3 N–H and O–H groups in total. The summed E-state index contributed by atoms with van der Waals surface area (Å²) in [6.07, 6.45) is 4.54. The minimum Gasteiger partial charge on any atom is -0.439 e. The van der Waals surface area contributed by atoms with Gasteiger partial charge in [-0.25, -0.2) is 9.78 Å². The average molecular weight is 464 g/mol. The lowest BCUT2D eigenvalue weighted by molar-refractivity contribution is 0.0779. The highest BCUT2D eigenvalue weighted by Gasteiger charge is 2.36. The lowest BCUT2D eigenvalue weighted by Crippen LogP contribution is -2.17. The number of rotatable bonds is 4. The van der Waals surface area contributed by atoms with Gasteiger partial charge in [0.15, 0.2) is 0 Å². The van der Waals surface area contributed by atoms with E-state index < -0.39 is 28.8 Å². The molecule has 4 rings (SSSR count). The predicted molar refractivity (Wildman–Crippen MR) is 119 cm³/mol. The van der Waals surface area contributed by atoms with Crippen molar-refractivity contribution in [3.05, 3.63) is 33.2 Å². The Bertz CT molecular complexity index is 1140. The fourth-order valence-electron chi connectivity index (χ4n) is 4.22. The van der Waals surface area contributed by atoms with E-state index in [1.165, 1.54) is 0 Å². The Hall–Kier alpha value is -1.88. The fourth-order valence-corrected chi connectivity index (χ4v) is 6.25. The first-order chi connectivity index (χ1) is 14.5. The maximum Gasteiger partial charge on any atom is 0.322 e.